The second kappa shape index (κ2) is 5.04. The molecule has 0 aliphatic heterocycles. The minimum Gasteiger partial charge on any atom is -0.368 e. The molecule has 3 aromatic heterocycles. The number of thiazole rings is 1. The molecule has 0 amide bonds. The molecule has 0 unspecified atom stereocenters. The summed E-state index contributed by atoms with van der Waals surface area (Å²) in [7, 11) is -3.85. The fourth-order valence-electron chi connectivity index (χ4n) is 1.90. The number of nitrogens with zero attached hydrogens (tertiary/aromatic N) is 3. The Morgan fingerprint density at radius 3 is 2.95 bits per heavy atom. The Morgan fingerprint density at radius 1 is 1.48 bits per heavy atom. The van der Waals surface area contributed by atoms with Crippen LogP contribution >= 0.6 is 11.3 Å². The Kier molecular flexibility index (Phi) is 3.33. The van der Waals surface area contributed by atoms with E-state index >= 15 is 0 Å². The van der Waals surface area contributed by atoms with Crippen molar-refractivity contribution < 1.29 is 12.9 Å². The van der Waals surface area contributed by atoms with Gasteiger partial charge in [-0.2, -0.15) is 8.42 Å². The third kappa shape index (κ3) is 2.47. The molecule has 0 bridgehead atoms. The average Bonchev–Trinajstić information content (AvgIpc) is 3.05. The number of aromatic nitrogens is 3. The molecule has 2 N–H and O–H groups in total. The summed E-state index contributed by atoms with van der Waals surface area (Å²) in [4.78, 5) is 4.88. The molecule has 21 heavy (non-hydrogen) atoms. The Hall–Kier alpha value is -2.07. The van der Waals surface area contributed by atoms with Gasteiger partial charge in [0.1, 0.15) is 0 Å². The molecule has 3 heterocycles. The highest BCUT2D eigenvalue weighted by atomic mass is 32.2. The molecular weight excluding hydrogens is 314 g/mol. The van der Waals surface area contributed by atoms with Gasteiger partial charge in [-0.25, -0.2) is 9.71 Å². The quantitative estimate of drug-likeness (QED) is 0.742. The van der Waals surface area contributed by atoms with Crippen LogP contribution < -0.4 is 10.0 Å². The predicted octanol–water partition coefficient (Wildman–Crippen LogP) is 1.92. The van der Waals surface area contributed by atoms with Crippen molar-refractivity contribution in [2.45, 2.75) is 18.9 Å². The van der Waals surface area contributed by atoms with Crippen LogP contribution in [0.4, 0.5) is 11.7 Å². The van der Waals surface area contributed by atoms with Gasteiger partial charge in [0.2, 0.25) is 10.9 Å². The molecule has 0 aromatic carbocycles. The highest BCUT2D eigenvalue weighted by Gasteiger charge is 2.27. The molecule has 0 atom stereocenters. The highest BCUT2D eigenvalue weighted by molar-refractivity contribution is 7.92. The minimum absolute atomic E-state index is 0.0506. The van der Waals surface area contributed by atoms with E-state index in [2.05, 4.69) is 20.2 Å². The Labute approximate surface area is 124 Å². The first kappa shape index (κ1) is 13.9. The minimum atomic E-state index is -3.85. The molecule has 0 fully saturated rings. The maximum atomic E-state index is 12.6. The van der Waals surface area contributed by atoms with Gasteiger partial charge in [0.25, 0.3) is 10.0 Å². The number of hydrogen-bond donors (Lipinski definition) is 2. The summed E-state index contributed by atoms with van der Waals surface area (Å²) < 4.78 is 34.0. The number of fused-ring (bicyclic) bond motifs is 1. The summed E-state index contributed by atoms with van der Waals surface area (Å²) in [5, 5.41) is 8.44. The molecule has 10 heteroatoms. The van der Waals surface area contributed by atoms with Gasteiger partial charge in [-0.05, 0) is 13.8 Å². The standard InChI is InChI=1S/C11H13N5O3S2/c1-3-12-9-10(16-4-5-20-11(16)13-9)21(17,18)15-8-6-7(2)14-19-8/h4-6,12,15H,3H2,1-2H3. The Bertz CT molecular complexity index is 877. The summed E-state index contributed by atoms with van der Waals surface area (Å²) in [6.45, 7) is 4.15. The number of rotatable bonds is 5. The zero-order valence-electron chi connectivity index (χ0n) is 11.3. The average molecular weight is 327 g/mol. The van der Waals surface area contributed by atoms with Crippen molar-refractivity contribution in [3.63, 3.8) is 0 Å². The Balaban J connectivity index is 2.08. The summed E-state index contributed by atoms with van der Waals surface area (Å²) in [5.74, 6) is 0.383. The van der Waals surface area contributed by atoms with Gasteiger partial charge in [-0.15, -0.1) is 11.3 Å². The first-order valence-electron chi connectivity index (χ1n) is 6.17. The number of hydrogen-bond acceptors (Lipinski definition) is 7. The van der Waals surface area contributed by atoms with E-state index in [0.29, 0.717) is 23.0 Å². The van der Waals surface area contributed by atoms with Crippen LogP contribution in [0, 0.1) is 6.92 Å². The second-order valence-electron chi connectivity index (χ2n) is 4.29. The molecule has 112 valence electrons. The number of nitrogens with one attached hydrogen (secondary N) is 2. The van der Waals surface area contributed by atoms with E-state index in [1.165, 1.54) is 21.8 Å². The van der Waals surface area contributed by atoms with E-state index in [4.69, 9.17) is 4.52 Å². The summed E-state index contributed by atoms with van der Waals surface area (Å²) in [5.41, 5.74) is 0.591. The van der Waals surface area contributed by atoms with Crippen molar-refractivity contribution in [3.05, 3.63) is 23.3 Å². The smallest absolute Gasteiger partial charge is 0.284 e. The van der Waals surface area contributed by atoms with Crippen molar-refractivity contribution in [3.8, 4) is 0 Å². The zero-order chi connectivity index (χ0) is 15.0. The molecule has 3 rings (SSSR count). The van der Waals surface area contributed by atoms with Crippen LogP contribution in [-0.2, 0) is 10.0 Å². The van der Waals surface area contributed by atoms with Crippen molar-refractivity contribution in [1.82, 2.24) is 14.5 Å². The first-order valence-corrected chi connectivity index (χ1v) is 8.53. The lowest BCUT2D eigenvalue weighted by atomic mass is 10.5. The van der Waals surface area contributed by atoms with E-state index in [1.807, 2.05) is 6.92 Å². The van der Waals surface area contributed by atoms with Gasteiger partial charge < -0.3 is 9.84 Å². The lowest BCUT2D eigenvalue weighted by Crippen LogP contribution is -2.16. The molecule has 0 aliphatic carbocycles. The third-order valence-electron chi connectivity index (χ3n) is 2.68. The van der Waals surface area contributed by atoms with Gasteiger partial charge in [0, 0.05) is 24.2 Å². The summed E-state index contributed by atoms with van der Waals surface area (Å²) >= 11 is 1.36. The lowest BCUT2D eigenvalue weighted by molar-refractivity contribution is 0.430. The van der Waals surface area contributed by atoms with Gasteiger partial charge in [0.05, 0.1) is 5.69 Å². The van der Waals surface area contributed by atoms with Crippen LogP contribution in [0.5, 0.6) is 0 Å². The van der Waals surface area contributed by atoms with Crippen LogP contribution in [0.25, 0.3) is 4.96 Å². The predicted molar refractivity (Wildman–Crippen MR) is 79.3 cm³/mol. The van der Waals surface area contributed by atoms with Gasteiger partial charge >= 0.3 is 0 Å². The molecule has 0 radical (unpaired) electrons. The first-order chi connectivity index (χ1) is 10.0. The number of imidazole rings is 1. The molecule has 0 aliphatic rings. The molecule has 0 saturated carbocycles. The fourth-order valence-corrected chi connectivity index (χ4v) is 3.90. The van der Waals surface area contributed by atoms with Gasteiger partial charge in [0.15, 0.2) is 10.8 Å². The van der Waals surface area contributed by atoms with Crippen LogP contribution in [-0.4, -0.2) is 29.5 Å². The second-order valence-corrected chi connectivity index (χ2v) is 6.76. The van der Waals surface area contributed by atoms with Crippen molar-refractivity contribution in [2.75, 3.05) is 16.6 Å². The van der Waals surface area contributed by atoms with Crippen LogP contribution in [0.1, 0.15) is 12.6 Å². The number of anilines is 2. The fraction of sp³-hybridized carbons (Fsp3) is 0.273. The van der Waals surface area contributed by atoms with E-state index < -0.39 is 10.0 Å². The lowest BCUT2D eigenvalue weighted by Gasteiger charge is -2.06. The van der Waals surface area contributed by atoms with Crippen LogP contribution in [0.15, 0.2) is 27.2 Å². The van der Waals surface area contributed by atoms with Crippen LogP contribution in [0.3, 0.4) is 0 Å². The molecule has 0 saturated heterocycles. The highest BCUT2D eigenvalue weighted by Crippen LogP contribution is 2.27. The maximum absolute atomic E-state index is 12.6. The molecule has 3 aromatic rings. The monoisotopic (exact) mass is 327 g/mol. The zero-order valence-corrected chi connectivity index (χ0v) is 13.0. The van der Waals surface area contributed by atoms with E-state index in [9.17, 15) is 8.42 Å². The normalized spacial score (nSPS) is 11.9. The summed E-state index contributed by atoms with van der Waals surface area (Å²) in [6, 6.07) is 1.51. The Morgan fingerprint density at radius 2 is 2.29 bits per heavy atom. The van der Waals surface area contributed by atoms with Crippen molar-refractivity contribution in [1.29, 1.82) is 0 Å². The molecule has 8 nitrogen and oxygen atoms in total. The van der Waals surface area contributed by atoms with Crippen LogP contribution in [0.2, 0.25) is 0 Å². The third-order valence-corrected chi connectivity index (χ3v) is 4.81. The van der Waals surface area contributed by atoms with Gasteiger partial charge in [-0.3, -0.25) is 4.40 Å². The molecular formula is C11H13N5O3S2. The number of sulfonamides is 1. The van der Waals surface area contributed by atoms with E-state index in [-0.39, 0.29) is 10.9 Å². The van der Waals surface area contributed by atoms with Crippen molar-refractivity contribution >= 4 is 38.0 Å². The SMILES string of the molecule is CCNc1nc2sccn2c1S(=O)(=O)Nc1cc(C)no1. The van der Waals surface area contributed by atoms with E-state index in [1.54, 1.807) is 18.5 Å². The maximum Gasteiger partial charge on any atom is 0.284 e. The van der Waals surface area contributed by atoms with Crippen molar-refractivity contribution in [2.24, 2.45) is 0 Å². The summed E-state index contributed by atoms with van der Waals surface area (Å²) in [6.07, 6.45) is 1.66. The van der Waals surface area contributed by atoms with Gasteiger partial charge in [-0.1, -0.05) is 5.16 Å². The topological polar surface area (TPSA) is 102 Å². The van der Waals surface area contributed by atoms with E-state index in [0.717, 1.165) is 0 Å². The molecule has 0 spiro atoms. The largest absolute Gasteiger partial charge is 0.368 e. The number of aryl methyl sites for hydroxylation is 1.